The molecule has 1 aromatic rings. The van der Waals surface area contributed by atoms with E-state index in [0.29, 0.717) is 12.0 Å². The molecule has 3 nitrogen and oxygen atoms in total. The molecule has 2 atom stereocenters. The Balaban J connectivity index is 2.52. The van der Waals surface area contributed by atoms with Gasteiger partial charge in [0.1, 0.15) is 5.82 Å². The number of aromatic nitrogens is 2. The predicted octanol–water partition coefficient (Wildman–Crippen LogP) is 3.43. The van der Waals surface area contributed by atoms with Crippen molar-refractivity contribution in [1.29, 1.82) is 0 Å². The molecule has 0 spiro atoms. The van der Waals surface area contributed by atoms with E-state index >= 15 is 0 Å². The van der Waals surface area contributed by atoms with Crippen molar-refractivity contribution in [3.63, 3.8) is 0 Å². The van der Waals surface area contributed by atoms with E-state index in [1.54, 1.807) is 0 Å². The molecule has 0 radical (unpaired) electrons. The van der Waals surface area contributed by atoms with E-state index in [2.05, 4.69) is 51.4 Å². The second-order valence-electron chi connectivity index (χ2n) is 7.00. The molecule has 2 rings (SSSR count). The standard InChI is InChI=1S/C16H29N3/c1-7-11(2)12(3)19-14-8-9-17-10-13(14)18-15(19)16(4,5)6/h11-12,17H,7-10H2,1-6H3. The monoisotopic (exact) mass is 263 g/mol. The van der Waals surface area contributed by atoms with Gasteiger partial charge in [0.15, 0.2) is 0 Å². The summed E-state index contributed by atoms with van der Waals surface area (Å²) in [6.45, 7) is 15.8. The molecule has 0 aliphatic carbocycles. The van der Waals surface area contributed by atoms with Crippen molar-refractivity contribution < 1.29 is 0 Å². The van der Waals surface area contributed by atoms with Crippen LogP contribution in [-0.4, -0.2) is 16.1 Å². The summed E-state index contributed by atoms with van der Waals surface area (Å²) in [5.74, 6) is 1.95. The summed E-state index contributed by atoms with van der Waals surface area (Å²) in [5, 5.41) is 3.44. The molecule has 0 aromatic carbocycles. The first-order valence-corrected chi connectivity index (χ1v) is 7.67. The molecule has 0 fully saturated rings. The van der Waals surface area contributed by atoms with E-state index in [9.17, 15) is 0 Å². The molecular formula is C16H29N3. The quantitative estimate of drug-likeness (QED) is 0.905. The fourth-order valence-corrected chi connectivity index (χ4v) is 2.90. The molecule has 0 bridgehead atoms. The van der Waals surface area contributed by atoms with E-state index < -0.39 is 0 Å². The van der Waals surface area contributed by atoms with Crippen LogP contribution >= 0.6 is 0 Å². The number of hydrogen-bond donors (Lipinski definition) is 1. The lowest BCUT2D eigenvalue weighted by atomic mass is 9.93. The van der Waals surface area contributed by atoms with Crippen LogP contribution in [0.1, 0.15) is 71.2 Å². The summed E-state index contributed by atoms with van der Waals surface area (Å²) in [5.41, 5.74) is 2.85. The van der Waals surface area contributed by atoms with Crippen molar-refractivity contribution in [3.05, 3.63) is 17.2 Å². The number of nitrogens with zero attached hydrogens (tertiary/aromatic N) is 2. The van der Waals surface area contributed by atoms with Gasteiger partial charge in [-0.1, -0.05) is 41.0 Å². The molecular weight excluding hydrogens is 234 g/mol. The number of imidazole rings is 1. The second-order valence-corrected chi connectivity index (χ2v) is 7.00. The average Bonchev–Trinajstić information content (AvgIpc) is 2.76. The Labute approximate surface area is 117 Å². The van der Waals surface area contributed by atoms with E-state index in [1.807, 2.05) is 0 Å². The zero-order valence-electron chi connectivity index (χ0n) is 13.4. The molecule has 108 valence electrons. The van der Waals surface area contributed by atoms with Crippen LogP contribution in [-0.2, 0) is 18.4 Å². The molecule has 19 heavy (non-hydrogen) atoms. The third-order valence-corrected chi connectivity index (χ3v) is 4.47. The summed E-state index contributed by atoms with van der Waals surface area (Å²) < 4.78 is 2.55. The van der Waals surface area contributed by atoms with E-state index in [1.165, 1.54) is 23.6 Å². The van der Waals surface area contributed by atoms with Crippen LogP contribution in [0.4, 0.5) is 0 Å². The fraction of sp³-hybridized carbons (Fsp3) is 0.812. The lowest BCUT2D eigenvalue weighted by molar-refractivity contribution is 0.335. The maximum absolute atomic E-state index is 4.96. The van der Waals surface area contributed by atoms with E-state index in [4.69, 9.17) is 4.98 Å². The molecule has 0 saturated heterocycles. The first-order valence-electron chi connectivity index (χ1n) is 7.67. The molecule has 1 aromatic heterocycles. The van der Waals surface area contributed by atoms with Gasteiger partial charge in [0.2, 0.25) is 0 Å². The molecule has 3 heteroatoms. The Morgan fingerprint density at radius 2 is 2.00 bits per heavy atom. The summed E-state index contributed by atoms with van der Waals surface area (Å²) in [6, 6.07) is 0.536. The third-order valence-electron chi connectivity index (χ3n) is 4.47. The first-order chi connectivity index (χ1) is 8.86. The third kappa shape index (κ3) is 2.71. The van der Waals surface area contributed by atoms with Crippen LogP contribution < -0.4 is 5.32 Å². The highest BCUT2D eigenvalue weighted by molar-refractivity contribution is 5.24. The Kier molecular flexibility index (Phi) is 4.05. The van der Waals surface area contributed by atoms with Gasteiger partial charge in [0, 0.05) is 36.7 Å². The topological polar surface area (TPSA) is 29.9 Å². The van der Waals surface area contributed by atoms with Crippen LogP contribution in [0.2, 0.25) is 0 Å². The van der Waals surface area contributed by atoms with Crippen molar-refractivity contribution in [2.45, 2.75) is 72.4 Å². The van der Waals surface area contributed by atoms with Crippen molar-refractivity contribution in [2.24, 2.45) is 5.92 Å². The van der Waals surface area contributed by atoms with E-state index in [0.717, 1.165) is 19.5 Å². The van der Waals surface area contributed by atoms with Gasteiger partial charge in [-0.15, -0.1) is 0 Å². The van der Waals surface area contributed by atoms with Crippen molar-refractivity contribution in [3.8, 4) is 0 Å². The minimum atomic E-state index is 0.110. The SMILES string of the molecule is CCC(C)C(C)n1c(C(C)(C)C)nc2c1CCNC2. The number of fused-ring (bicyclic) bond motifs is 1. The minimum Gasteiger partial charge on any atom is -0.328 e. The Bertz CT molecular complexity index is 440. The van der Waals surface area contributed by atoms with Crippen LogP contribution in [0.15, 0.2) is 0 Å². The second kappa shape index (κ2) is 5.28. The van der Waals surface area contributed by atoms with Crippen molar-refractivity contribution in [2.75, 3.05) is 6.54 Å². The average molecular weight is 263 g/mol. The molecule has 0 saturated carbocycles. The Hall–Kier alpha value is -0.830. The number of rotatable bonds is 3. The van der Waals surface area contributed by atoms with Crippen LogP contribution in [0, 0.1) is 5.92 Å². The lowest BCUT2D eigenvalue weighted by Gasteiger charge is -2.29. The number of nitrogens with one attached hydrogen (secondary N) is 1. The van der Waals surface area contributed by atoms with Gasteiger partial charge in [0.25, 0.3) is 0 Å². The highest BCUT2D eigenvalue weighted by Gasteiger charge is 2.30. The zero-order chi connectivity index (χ0) is 14.2. The van der Waals surface area contributed by atoms with Gasteiger partial charge in [-0.05, 0) is 12.8 Å². The van der Waals surface area contributed by atoms with Crippen molar-refractivity contribution >= 4 is 0 Å². The van der Waals surface area contributed by atoms with E-state index in [-0.39, 0.29) is 5.41 Å². The molecule has 1 aliphatic rings. The molecule has 1 N–H and O–H groups in total. The van der Waals surface area contributed by atoms with Crippen LogP contribution in [0.25, 0.3) is 0 Å². The largest absolute Gasteiger partial charge is 0.328 e. The Morgan fingerprint density at radius 3 is 2.58 bits per heavy atom. The highest BCUT2D eigenvalue weighted by atomic mass is 15.2. The summed E-state index contributed by atoms with van der Waals surface area (Å²) >= 11 is 0. The normalized spacial score (nSPS) is 19.1. The van der Waals surface area contributed by atoms with Gasteiger partial charge in [-0.3, -0.25) is 0 Å². The molecule has 2 unspecified atom stereocenters. The Morgan fingerprint density at radius 1 is 1.32 bits per heavy atom. The minimum absolute atomic E-state index is 0.110. The van der Waals surface area contributed by atoms with Crippen LogP contribution in [0.3, 0.4) is 0 Å². The zero-order valence-corrected chi connectivity index (χ0v) is 13.4. The highest BCUT2D eigenvalue weighted by Crippen LogP contribution is 2.32. The molecule has 0 amide bonds. The fourth-order valence-electron chi connectivity index (χ4n) is 2.90. The molecule has 2 heterocycles. The van der Waals surface area contributed by atoms with Gasteiger partial charge in [-0.2, -0.15) is 0 Å². The van der Waals surface area contributed by atoms with Gasteiger partial charge in [-0.25, -0.2) is 4.98 Å². The lowest BCUT2D eigenvalue weighted by Crippen LogP contribution is -2.28. The number of hydrogen-bond acceptors (Lipinski definition) is 2. The molecule has 1 aliphatic heterocycles. The summed E-state index contributed by atoms with van der Waals surface area (Å²) in [6.07, 6.45) is 2.33. The smallest absolute Gasteiger partial charge is 0.114 e. The van der Waals surface area contributed by atoms with Gasteiger partial charge >= 0.3 is 0 Å². The van der Waals surface area contributed by atoms with Gasteiger partial charge in [0.05, 0.1) is 5.69 Å². The predicted molar refractivity (Wildman–Crippen MR) is 80.5 cm³/mol. The van der Waals surface area contributed by atoms with Gasteiger partial charge < -0.3 is 9.88 Å². The maximum atomic E-state index is 4.96. The maximum Gasteiger partial charge on any atom is 0.114 e. The first kappa shape index (κ1) is 14.6. The summed E-state index contributed by atoms with van der Waals surface area (Å²) in [4.78, 5) is 4.96. The van der Waals surface area contributed by atoms with Crippen LogP contribution in [0.5, 0.6) is 0 Å². The van der Waals surface area contributed by atoms with Crippen molar-refractivity contribution in [1.82, 2.24) is 14.9 Å². The summed E-state index contributed by atoms with van der Waals surface area (Å²) in [7, 11) is 0.